The number of nitrogens with zero attached hydrogens (tertiary/aromatic N) is 1. The molecule has 4 heteroatoms. The zero-order valence-corrected chi connectivity index (χ0v) is 10.5. The Balaban J connectivity index is 2.37. The van der Waals surface area contributed by atoms with Crippen LogP contribution in [0.15, 0.2) is 18.5 Å². The lowest BCUT2D eigenvalue weighted by Gasteiger charge is -2.12. The largest absolute Gasteiger partial charge is 0.466 e. The number of hydrogen-bond acceptors (Lipinski definition) is 4. The molecule has 2 N–H and O–H groups in total. The first-order valence-corrected chi connectivity index (χ1v) is 5.94. The molecule has 0 spiro atoms. The van der Waals surface area contributed by atoms with Gasteiger partial charge in [-0.2, -0.15) is 0 Å². The summed E-state index contributed by atoms with van der Waals surface area (Å²) in [7, 11) is 0. The molecule has 1 unspecified atom stereocenters. The Morgan fingerprint density at radius 3 is 3.00 bits per heavy atom. The molecule has 1 atom stereocenters. The summed E-state index contributed by atoms with van der Waals surface area (Å²) in [5.74, 6) is -0.175. The Kier molecular flexibility index (Phi) is 5.63. The van der Waals surface area contributed by atoms with Gasteiger partial charge < -0.3 is 10.5 Å². The molecule has 4 nitrogen and oxygen atoms in total. The number of aryl methyl sites for hydroxylation is 1. The highest BCUT2D eigenvalue weighted by atomic mass is 16.5. The van der Waals surface area contributed by atoms with Crippen LogP contribution in [0.1, 0.15) is 30.9 Å². The molecule has 0 bridgehead atoms. The van der Waals surface area contributed by atoms with E-state index >= 15 is 0 Å². The lowest BCUT2D eigenvalue weighted by molar-refractivity contribution is -0.143. The van der Waals surface area contributed by atoms with E-state index in [1.807, 2.05) is 19.2 Å². The van der Waals surface area contributed by atoms with E-state index in [0.717, 1.165) is 12.0 Å². The van der Waals surface area contributed by atoms with Crippen LogP contribution in [0.3, 0.4) is 0 Å². The van der Waals surface area contributed by atoms with Crippen molar-refractivity contribution in [3.63, 3.8) is 0 Å². The van der Waals surface area contributed by atoms with Crippen LogP contribution in [-0.4, -0.2) is 23.6 Å². The number of esters is 1. The third-order valence-electron chi connectivity index (χ3n) is 2.65. The Bertz CT molecular complexity index is 366. The van der Waals surface area contributed by atoms with Crippen molar-refractivity contribution in [2.45, 2.75) is 39.2 Å². The summed E-state index contributed by atoms with van der Waals surface area (Å²) in [6.07, 6.45) is 5.38. The summed E-state index contributed by atoms with van der Waals surface area (Å²) in [6.45, 7) is 4.27. The maximum atomic E-state index is 11.2. The molecule has 0 aliphatic heterocycles. The Labute approximate surface area is 102 Å². The zero-order chi connectivity index (χ0) is 12.7. The number of carbonyl (C=O) groups excluding carboxylic acids is 1. The van der Waals surface area contributed by atoms with Crippen molar-refractivity contribution in [2.24, 2.45) is 5.73 Å². The molecule has 0 aromatic carbocycles. The van der Waals surface area contributed by atoms with E-state index in [9.17, 15) is 4.79 Å². The van der Waals surface area contributed by atoms with E-state index in [1.165, 1.54) is 5.56 Å². The van der Waals surface area contributed by atoms with Crippen LogP contribution >= 0.6 is 0 Å². The first-order valence-electron chi connectivity index (χ1n) is 5.94. The van der Waals surface area contributed by atoms with E-state index in [2.05, 4.69) is 4.98 Å². The van der Waals surface area contributed by atoms with Crippen molar-refractivity contribution in [1.82, 2.24) is 4.98 Å². The molecule has 0 fully saturated rings. The molecule has 0 saturated carbocycles. The van der Waals surface area contributed by atoms with Crippen LogP contribution < -0.4 is 5.73 Å². The molecular weight excluding hydrogens is 216 g/mol. The number of ether oxygens (including phenoxy) is 1. The van der Waals surface area contributed by atoms with Gasteiger partial charge in [0.25, 0.3) is 0 Å². The summed E-state index contributed by atoms with van der Waals surface area (Å²) >= 11 is 0. The van der Waals surface area contributed by atoms with Gasteiger partial charge in [0, 0.05) is 24.9 Å². The van der Waals surface area contributed by atoms with Crippen LogP contribution in [0.5, 0.6) is 0 Å². The minimum atomic E-state index is -0.175. The van der Waals surface area contributed by atoms with Gasteiger partial charge in [-0.15, -0.1) is 0 Å². The van der Waals surface area contributed by atoms with Gasteiger partial charge in [0.15, 0.2) is 0 Å². The van der Waals surface area contributed by atoms with Gasteiger partial charge in [-0.25, -0.2) is 0 Å². The standard InChI is InChI=1S/C13H20N2O2/c1-3-17-13(16)5-4-12(14)8-11-9-15-7-6-10(11)2/h6-7,9,12H,3-5,8,14H2,1-2H3. The van der Waals surface area contributed by atoms with Crippen LogP contribution in [-0.2, 0) is 16.0 Å². The van der Waals surface area contributed by atoms with Gasteiger partial charge in [-0.1, -0.05) is 0 Å². The fourth-order valence-corrected chi connectivity index (χ4v) is 1.63. The van der Waals surface area contributed by atoms with Crippen LogP contribution in [0.2, 0.25) is 0 Å². The number of carbonyl (C=O) groups is 1. The molecule has 1 rings (SSSR count). The van der Waals surface area contributed by atoms with Gasteiger partial charge in [0.2, 0.25) is 0 Å². The normalized spacial score (nSPS) is 12.2. The van der Waals surface area contributed by atoms with Crippen LogP contribution in [0, 0.1) is 6.92 Å². The van der Waals surface area contributed by atoms with Crippen LogP contribution in [0.25, 0.3) is 0 Å². The van der Waals surface area contributed by atoms with Gasteiger partial charge in [0.05, 0.1) is 6.61 Å². The minimum Gasteiger partial charge on any atom is -0.466 e. The zero-order valence-electron chi connectivity index (χ0n) is 10.5. The second-order valence-corrected chi connectivity index (χ2v) is 4.11. The topological polar surface area (TPSA) is 65.2 Å². The quantitative estimate of drug-likeness (QED) is 0.762. The maximum absolute atomic E-state index is 11.2. The van der Waals surface area contributed by atoms with E-state index in [-0.39, 0.29) is 12.0 Å². The second kappa shape index (κ2) is 7.01. The predicted molar refractivity (Wildman–Crippen MR) is 66.5 cm³/mol. The van der Waals surface area contributed by atoms with Crippen molar-refractivity contribution >= 4 is 5.97 Å². The van der Waals surface area contributed by atoms with Gasteiger partial charge in [0.1, 0.15) is 0 Å². The number of nitrogens with two attached hydrogens (primary N) is 1. The number of hydrogen-bond donors (Lipinski definition) is 1. The third-order valence-corrected chi connectivity index (χ3v) is 2.65. The van der Waals surface area contributed by atoms with Crippen LogP contribution in [0.4, 0.5) is 0 Å². The Morgan fingerprint density at radius 2 is 2.35 bits per heavy atom. The van der Waals surface area contributed by atoms with Gasteiger partial charge >= 0.3 is 5.97 Å². The molecule has 0 amide bonds. The molecule has 0 aliphatic carbocycles. The van der Waals surface area contributed by atoms with E-state index < -0.39 is 0 Å². The van der Waals surface area contributed by atoms with Crippen molar-refractivity contribution in [1.29, 1.82) is 0 Å². The fourth-order valence-electron chi connectivity index (χ4n) is 1.63. The van der Waals surface area contributed by atoms with E-state index in [4.69, 9.17) is 10.5 Å². The summed E-state index contributed by atoms with van der Waals surface area (Å²) < 4.78 is 4.86. The van der Waals surface area contributed by atoms with Crippen molar-refractivity contribution in [3.05, 3.63) is 29.6 Å². The molecule has 0 radical (unpaired) electrons. The summed E-state index contributed by atoms with van der Waals surface area (Å²) in [6, 6.07) is 1.94. The highest BCUT2D eigenvalue weighted by Crippen LogP contribution is 2.10. The predicted octanol–water partition coefficient (Wildman–Crippen LogP) is 1.60. The van der Waals surface area contributed by atoms with Crippen molar-refractivity contribution < 1.29 is 9.53 Å². The molecule has 0 saturated heterocycles. The Morgan fingerprint density at radius 1 is 1.59 bits per heavy atom. The van der Waals surface area contributed by atoms with Gasteiger partial charge in [-0.3, -0.25) is 9.78 Å². The average molecular weight is 236 g/mol. The lowest BCUT2D eigenvalue weighted by atomic mass is 10.0. The first kappa shape index (κ1) is 13.6. The molecular formula is C13H20N2O2. The fraction of sp³-hybridized carbons (Fsp3) is 0.538. The minimum absolute atomic E-state index is 0.0256. The summed E-state index contributed by atoms with van der Waals surface area (Å²) in [4.78, 5) is 15.3. The smallest absolute Gasteiger partial charge is 0.305 e. The lowest BCUT2D eigenvalue weighted by Crippen LogP contribution is -2.24. The van der Waals surface area contributed by atoms with Crippen molar-refractivity contribution in [2.75, 3.05) is 6.61 Å². The second-order valence-electron chi connectivity index (χ2n) is 4.11. The number of rotatable bonds is 6. The number of pyridine rings is 1. The summed E-state index contributed by atoms with van der Waals surface area (Å²) in [5.41, 5.74) is 8.31. The number of aromatic nitrogens is 1. The maximum Gasteiger partial charge on any atom is 0.305 e. The molecule has 1 heterocycles. The van der Waals surface area contributed by atoms with E-state index in [1.54, 1.807) is 13.1 Å². The van der Waals surface area contributed by atoms with Gasteiger partial charge in [-0.05, 0) is 43.9 Å². The molecule has 1 aromatic rings. The summed E-state index contributed by atoms with van der Waals surface area (Å²) in [5, 5.41) is 0. The third kappa shape index (κ3) is 4.95. The molecule has 0 aliphatic rings. The highest BCUT2D eigenvalue weighted by molar-refractivity contribution is 5.69. The highest BCUT2D eigenvalue weighted by Gasteiger charge is 2.09. The Hall–Kier alpha value is -1.42. The average Bonchev–Trinajstić information content (AvgIpc) is 2.30. The molecule has 17 heavy (non-hydrogen) atoms. The molecule has 94 valence electrons. The van der Waals surface area contributed by atoms with E-state index in [0.29, 0.717) is 19.4 Å². The monoisotopic (exact) mass is 236 g/mol. The molecule has 1 aromatic heterocycles. The van der Waals surface area contributed by atoms with Crippen molar-refractivity contribution in [3.8, 4) is 0 Å². The first-order chi connectivity index (χ1) is 8.13. The SMILES string of the molecule is CCOC(=O)CCC(N)Cc1cnccc1C.